The second-order valence-electron chi connectivity index (χ2n) is 7.08. The van der Waals surface area contributed by atoms with Crippen molar-refractivity contribution >= 4 is 39.4 Å². The molecule has 1 aromatic heterocycles. The van der Waals surface area contributed by atoms with Gasteiger partial charge in [0.25, 0.3) is 9.05 Å². The lowest BCUT2D eigenvalue weighted by Crippen LogP contribution is -2.28. The summed E-state index contributed by atoms with van der Waals surface area (Å²) >= 11 is 1.37. The number of hydrogen-bond donors (Lipinski definition) is 0. The fourth-order valence-corrected chi connectivity index (χ4v) is 5.77. The molecule has 1 unspecified atom stereocenters. The summed E-state index contributed by atoms with van der Waals surface area (Å²) in [5.41, 5.74) is 2.36. The summed E-state index contributed by atoms with van der Waals surface area (Å²) < 4.78 is 29.5. The Bertz CT molecular complexity index is 792. The van der Waals surface area contributed by atoms with E-state index in [0.717, 1.165) is 16.9 Å². The van der Waals surface area contributed by atoms with Gasteiger partial charge in [0, 0.05) is 20.9 Å². The molecule has 2 aromatic rings. The van der Waals surface area contributed by atoms with Gasteiger partial charge in [-0.2, -0.15) is 0 Å². The van der Waals surface area contributed by atoms with Crippen LogP contribution in [0, 0.1) is 0 Å². The van der Waals surface area contributed by atoms with Gasteiger partial charge < -0.3 is 4.43 Å². The molecule has 0 aliphatic carbocycles. The molecule has 0 aliphatic heterocycles. The summed E-state index contributed by atoms with van der Waals surface area (Å²) in [7, 11) is -0.0811. The highest BCUT2D eigenvalue weighted by Gasteiger charge is 2.26. The van der Waals surface area contributed by atoms with Crippen molar-refractivity contribution in [2.45, 2.75) is 56.8 Å². The van der Waals surface area contributed by atoms with E-state index in [1.807, 2.05) is 0 Å². The average molecular weight is 417 g/mol. The van der Waals surface area contributed by atoms with E-state index in [9.17, 15) is 8.42 Å². The van der Waals surface area contributed by atoms with E-state index < -0.39 is 17.4 Å². The lowest BCUT2D eigenvalue weighted by Gasteiger charge is -2.26. The molecule has 0 bridgehead atoms. The van der Waals surface area contributed by atoms with Crippen LogP contribution < -0.4 is 0 Å². The number of benzene rings is 1. The van der Waals surface area contributed by atoms with Gasteiger partial charge in [-0.05, 0) is 49.7 Å². The molecule has 0 saturated carbocycles. The second-order valence-corrected chi connectivity index (χ2v) is 15.0. The topological polar surface area (TPSA) is 43.4 Å². The first-order valence-corrected chi connectivity index (χ1v) is 15.0. The SMILES string of the molecule is CCCCc1ccc(C(O[Si](C)(C)C)c2cc(S(=O)(=O)Cl)cs2)cc1. The van der Waals surface area contributed by atoms with Crippen molar-refractivity contribution in [1.29, 1.82) is 0 Å². The van der Waals surface area contributed by atoms with Crippen molar-refractivity contribution in [2.75, 3.05) is 0 Å². The van der Waals surface area contributed by atoms with Crippen LogP contribution in [0.5, 0.6) is 0 Å². The van der Waals surface area contributed by atoms with Crippen LogP contribution in [0.2, 0.25) is 19.6 Å². The molecule has 7 heteroatoms. The van der Waals surface area contributed by atoms with E-state index in [1.54, 1.807) is 11.4 Å². The van der Waals surface area contributed by atoms with Gasteiger partial charge in [-0.25, -0.2) is 8.42 Å². The zero-order valence-corrected chi connectivity index (χ0v) is 18.5. The number of rotatable bonds is 8. The Hall–Kier alpha value is -0.663. The molecule has 0 spiro atoms. The smallest absolute Gasteiger partial charge is 0.262 e. The number of aryl methyl sites for hydroxylation is 1. The number of thiophene rings is 1. The lowest BCUT2D eigenvalue weighted by atomic mass is 10.0. The molecule has 1 aromatic carbocycles. The van der Waals surface area contributed by atoms with Crippen LogP contribution in [-0.4, -0.2) is 16.7 Å². The third-order valence-corrected chi connectivity index (χ3v) is 7.11. The fourth-order valence-electron chi connectivity index (χ4n) is 2.48. The third-order valence-electron chi connectivity index (χ3n) is 3.71. The molecule has 0 radical (unpaired) electrons. The van der Waals surface area contributed by atoms with E-state index in [2.05, 4.69) is 50.8 Å². The van der Waals surface area contributed by atoms with Crippen LogP contribution in [0.1, 0.15) is 41.9 Å². The minimum Gasteiger partial charge on any atom is -0.406 e. The van der Waals surface area contributed by atoms with Gasteiger partial charge in [0.2, 0.25) is 0 Å². The Balaban J connectivity index is 2.34. The Morgan fingerprint density at radius 3 is 2.32 bits per heavy atom. The predicted octanol–water partition coefficient (Wildman–Crippen LogP) is 5.96. The number of hydrogen-bond acceptors (Lipinski definition) is 4. The van der Waals surface area contributed by atoms with E-state index in [1.165, 1.54) is 29.7 Å². The van der Waals surface area contributed by atoms with Crippen LogP contribution in [-0.2, 0) is 19.9 Å². The summed E-state index contributed by atoms with van der Waals surface area (Å²) in [6, 6.07) is 10.1. The molecule has 2 rings (SSSR count). The average Bonchev–Trinajstić information content (AvgIpc) is 3.00. The van der Waals surface area contributed by atoms with Crippen molar-refractivity contribution in [3.63, 3.8) is 0 Å². The highest BCUT2D eigenvalue weighted by Crippen LogP contribution is 2.35. The molecule has 1 atom stereocenters. The number of unbranched alkanes of at least 4 members (excludes halogenated alkanes) is 1. The first-order valence-electron chi connectivity index (χ1n) is 8.40. The van der Waals surface area contributed by atoms with Crippen molar-refractivity contribution in [2.24, 2.45) is 0 Å². The molecule has 0 fully saturated rings. The molecule has 3 nitrogen and oxygen atoms in total. The quantitative estimate of drug-likeness (QED) is 0.394. The van der Waals surface area contributed by atoms with Crippen LogP contribution in [0.3, 0.4) is 0 Å². The molecule has 25 heavy (non-hydrogen) atoms. The predicted molar refractivity (Wildman–Crippen MR) is 109 cm³/mol. The van der Waals surface area contributed by atoms with Gasteiger partial charge in [0.15, 0.2) is 8.32 Å². The van der Waals surface area contributed by atoms with Gasteiger partial charge >= 0.3 is 0 Å². The van der Waals surface area contributed by atoms with E-state index in [0.29, 0.717) is 0 Å². The van der Waals surface area contributed by atoms with Crippen molar-refractivity contribution in [3.05, 3.63) is 51.7 Å². The zero-order chi connectivity index (χ0) is 18.7. The standard InChI is InChI=1S/C18H25ClO3S2Si/c1-5-6-7-14-8-10-15(11-9-14)18(22-25(2,3)4)17-12-16(13-23-17)24(19,20)21/h8-13,18H,5-7H2,1-4H3. The van der Waals surface area contributed by atoms with Crippen molar-refractivity contribution < 1.29 is 12.8 Å². The van der Waals surface area contributed by atoms with Gasteiger partial charge in [-0.15, -0.1) is 11.3 Å². The Labute approximate surface area is 160 Å². The largest absolute Gasteiger partial charge is 0.406 e. The molecule has 0 N–H and O–H groups in total. The maximum atomic E-state index is 11.6. The molecule has 138 valence electrons. The van der Waals surface area contributed by atoms with Crippen LogP contribution in [0.4, 0.5) is 0 Å². The minimum atomic E-state index is -3.72. The first-order chi connectivity index (χ1) is 11.6. The summed E-state index contributed by atoms with van der Waals surface area (Å²) in [6.07, 6.45) is 3.16. The van der Waals surface area contributed by atoms with Crippen molar-refractivity contribution in [3.8, 4) is 0 Å². The van der Waals surface area contributed by atoms with E-state index in [4.69, 9.17) is 15.1 Å². The normalized spacial score (nSPS) is 13.8. The lowest BCUT2D eigenvalue weighted by molar-refractivity contribution is 0.243. The second kappa shape index (κ2) is 8.35. The molecule has 0 saturated heterocycles. The van der Waals surface area contributed by atoms with Crippen LogP contribution >= 0.6 is 22.0 Å². The molecule has 0 aliphatic rings. The summed E-state index contributed by atoms with van der Waals surface area (Å²) in [4.78, 5) is 1.00. The molecular weight excluding hydrogens is 392 g/mol. The summed E-state index contributed by atoms with van der Waals surface area (Å²) in [5, 5.41) is 1.58. The highest BCUT2D eigenvalue weighted by atomic mass is 35.7. The van der Waals surface area contributed by atoms with Crippen LogP contribution in [0.15, 0.2) is 40.6 Å². The highest BCUT2D eigenvalue weighted by molar-refractivity contribution is 8.13. The van der Waals surface area contributed by atoms with E-state index >= 15 is 0 Å². The monoisotopic (exact) mass is 416 g/mol. The van der Waals surface area contributed by atoms with E-state index in [-0.39, 0.29) is 11.0 Å². The van der Waals surface area contributed by atoms with Crippen LogP contribution in [0.25, 0.3) is 0 Å². The first kappa shape index (κ1) is 20.6. The Morgan fingerprint density at radius 2 is 1.84 bits per heavy atom. The maximum Gasteiger partial charge on any atom is 0.262 e. The maximum absolute atomic E-state index is 11.6. The van der Waals surface area contributed by atoms with Gasteiger partial charge in [-0.3, -0.25) is 0 Å². The molecular formula is C18H25ClO3S2Si. The van der Waals surface area contributed by atoms with Gasteiger partial charge in [0.05, 0.1) is 4.90 Å². The molecule has 1 heterocycles. The molecule has 0 amide bonds. The Morgan fingerprint density at radius 1 is 1.20 bits per heavy atom. The van der Waals surface area contributed by atoms with Gasteiger partial charge in [0.1, 0.15) is 6.10 Å². The van der Waals surface area contributed by atoms with Gasteiger partial charge in [-0.1, -0.05) is 37.6 Å². The number of halogens is 1. The Kier molecular flexibility index (Phi) is 6.90. The third kappa shape index (κ3) is 6.22. The summed E-state index contributed by atoms with van der Waals surface area (Å²) in [6.45, 7) is 8.57. The minimum absolute atomic E-state index is 0.137. The summed E-state index contributed by atoms with van der Waals surface area (Å²) in [5.74, 6) is 0. The zero-order valence-electron chi connectivity index (χ0n) is 15.1. The van der Waals surface area contributed by atoms with Crippen molar-refractivity contribution in [1.82, 2.24) is 0 Å². The fraction of sp³-hybridized carbons (Fsp3) is 0.444.